The maximum Gasteiger partial charge on any atom is 0.454 e. The summed E-state index contributed by atoms with van der Waals surface area (Å²) in [5, 5.41) is 11.4. The summed E-state index contributed by atoms with van der Waals surface area (Å²) in [7, 11) is 0. The molecular formula is C12H10N4O2. The van der Waals surface area contributed by atoms with Crippen molar-refractivity contribution in [2.75, 3.05) is 0 Å². The van der Waals surface area contributed by atoms with Gasteiger partial charge in [0.1, 0.15) is 0 Å². The number of benzene rings is 1. The Bertz CT molecular complexity index is 618. The van der Waals surface area contributed by atoms with Crippen LogP contribution in [0.4, 0.5) is 4.79 Å². The van der Waals surface area contributed by atoms with Gasteiger partial charge in [-0.2, -0.15) is 5.10 Å². The SMILES string of the molecule is Cc1c(C2N=NC(=O)O2)cnn1-c1ccccc1. The molecule has 3 rings (SSSR count). The number of carbonyl (C=O) groups excluding carboxylic acids is 1. The van der Waals surface area contributed by atoms with E-state index in [1.807, 2.05) is 37.3 Å². The average molecular weight is 242 g/mol. The quantitative estimate of drug-likeness (QED) is 0.813. The van der Waals surface area contributed by atoms with Gasteiger partial charge < -0.3 is 4.74 Å². The number of hydrogen-bond donors (Lipinski definition) is 0. The van der Waals surface area contributed by atoms with Crippen molar-refractivity contribution in [3.63, 3.8) is 0 Å². The molecule has 0 fully saturated rings. The molecule has 6 heteroatoms. The molecule has 0 spiro atoms. The van der Waals surface area contributed by atoms with Crippen LogP contribution in [0.3, 0.4) is 0 Å². The molecule has 0 saturated carbocycles. The third kappa shape index (κ3) is 1.67. The molecule has 18 heavy (non-hydrogen) atoms. The van der Waals surface area contributed by atoms with Gasteiger partial charge in [0.05, 0.1) is 23.1 Å². The van der Waals surface area contributed by atoms with Crippen molar-refractivity contribution >= 4 is 6.09 Å². The first kappa shape index (κ1) is 10.6. The van der Waals surface area contributed by atoms with Crippen molar-refractivity contribution in [1.82, 2.24) is 9.78 Å². The van der Waals surface area contributed by atoms with Gasteiger partial charge in [0, 0.05) is 0 Å². The zero-order valence-corrected chi connectivity index (χ0v) is 9.65. The predicted molar refractivity (Wildman–Crippen MR) is 62.4 cm³/mol. The fourth-order valence-corrected chi connectivity index (χ4v) is 1.86. The minimum atomic E-state index is -0.671. The maximum atomic E-state index is 10.9. The average Bonchev–Trinajstić information content (AvgIpc) is 2.97. The number of cyclic esters (lactones) is 1. The molecule has 0 N–H and O–H groups in total. The summed E-state index contributed by atoms with van der Waals surface area (Å²) < 4.78 is 6.73. The second-order valence-corrected chi connectivity index (χ2v) is 3.88. The Hall–Kier alpha value is -2.50. The van der Waals surface area contributed by atoms with Crippen molar-refractivity contribution in [2.24, 2.45) is 10.2 Å². The molecule has 0 saturated heterocycles. The molecule has 1 atom stereocenters. The van der Waals surface area contributed by atoms with Gasteiger partial charge in [0.15, 0.2) is 0 Å². The van der Waals surface area contributed by atoms with E-state index in [-0.39, 0.29) is 0 Å². The number of hydrogen-bond acceptors (Lipinski definition) is 4. The first-order valence-corrected chi connectivity index (χ1v) is 5.47. The lowest BCUT2D eigenvalue weighted by atomic mass is 10.2. The Morgan fingerprint density at radius 2 is 2.06 bits per heavy atom. The summed E-state index contributed by atoms with van der Waals surface area (Å²) in [6.45, 7) is 1.90. The Kier molecular flexibility index (Phi) is 2.40. The number of rotatable bonds is 2. The van der Waals surface area contributed by atoms with Gasteiger partial charge in [-0.1, -0.05) is 23.3 Å². The van der Waals surface area contributed by atoms with E-state index in [1.54, 1.807) is 10.9 Å². The highest BCUT2D eigenvalue weighted by Gasteiger charge is 2.26. The van der Waals surface area contributed by atoms with Crippen LogP contribution >= 0.6 is 0 Å². The number of azo groups is 1. The third-order valence-corrected chi connectivity index (χ3v) is 2.77. The number of para-hydroxylation sites is 1. The zero-order valence-electron chi connectivity index (χ0n) is 9.65. The first-order valence-electron chi connectivity index (χ1n) is 5.47. The molecule has 1 aromatic heterocycles. The van der Waals surface area contributed by atoms with Crippen molar-refractivity contribution < 1.29 is 9.53 Å². The molecule has 2 aromatic rings. The van der Waals surface area contributed by atoms with Gasteiger partial charge in [-0.05, 0) is 19.1 Å². The Balaban J connectivity index is 1.98. The van der Waals surface area contributed by atoms with Gasteiger partial charge in [0.2, 0.25) is 6.23 Å². The highest BCUT2D eigenvalue weighted by molar-refractivity contribution is 5.69. The lowest BCUT2D eigenvalue weighted by Crippen LogP contribution is -2.02. The minimum absolute atomic E-state index is 0.660. The number of carbonyl (C=O) groups is 1. The fourth-order valence-electron chi connectivity index (χ4n) is 1.86. The van der Waals surface area contributed by atoms with Crippen LogP contribution in [-0.4, -0.2) is 15.9 Å². The summed E-state index contributed by atoms with van der Waals surface area (Å²) in [5.74, 6) is 0. The fraction of sp³-hybridized carbons (Fsp3) is 0.167. The highest BCUT2D eigenvalue weighted by atomic mass is 16.6. The van der Waals surface area contributed by atoms with E-state index >= 15 is 0 Å². The zero-order chi connectivity index (χ0) is 12.5. The van der Waals surface area contributed by atoms with Crippen LogP contribution < -0.4 is 0 Å². The molecule has 0 bridgehead atoms. The summed E-state index contributed by atoms with van der Waals surface area (Å²) in [6.07, 6.45) is 0.312. The molecule has 0 aliphatic carbocycles. The van der Waals surface area contributed by atoms with Crippen LogP contribution in [-0.2, 0) is 4.74 Å². The van der Waals surface area contributed by atoms with Gasteiger partial charge in [0.25, 0.3) is 0 Å². The molecule has 90 valence electrons. The Morgan fingerprint density at radius 1 is 1.28 bits per heavy atom. The summed E-state index contributed by atoms with van der Waals surface area (Å²) in [4.78, 5) is 10.9. The van der Waals surface area contributed by atoms with Gasteiger partial charge in [-0.25, -0.2) is 9.48 Å². The van der Waals surface area contributed by atoms with Crippen LogP contribution in [0.25, 0.3) is 5.69 Å². The standard InChI is InChI=1S/C12H10N4O2/c1-8-10(11-14-15-12(17)18-11)7-13-16(8)9-5-3-2-4-6-9/h2-7,11H,1H3. The smallest absolute Gasteiger partial charge is 0.415 e. The summed E-state index contributed by atoms with van der Waals surface area (Å²) >= 11 is 0. The lowest BCUT2D eigenvalue weighted by Gasteiger charge is -2.06. The molecule has 1 aliphatic heterocycles. The van der Waals surface area contributed by atoms with E-state index in [2.05, 4.69) is 15.3 Å². The normalized spacial score (nSPS) is 18.1. The van der Waals surface area contributed by atoms with E-state index in [4.69, 9.17) is 4.74 Å². The Morgan fingerprint density at radius 3 is 2.72 bits per heavy atom. The van der Waals surface area contributed by atoms with E-state index in [1.165, 1.54) is 0 Å². The monoisotopic (exact) mass is 242 g/mol. The molecule has 1 aliphatic rings. The third-order valence-electron chi connectivity index (χ3n) is 2.77. The molecule has 6 nitrogen and oxygen atoms in total. The van der Waals surface area contributed by atoms with Crippen molar-refractivity contribution in [3.05, 3.63) is 47.8 Å². The molecule has 0 radical (unpaired) electrons. The van der Waals surface area contributed by atoms with Crippen LogP contribution in [0, 0.1) is 6.92 Å². The number of aromatic nitrogens is 2. The summed E-state index contributed by atoms with van der Waals surface area (Å²) in [5.41, 5.74) is 2.57. The topological polar surface area (TPSA) is 68.8 Å². The van der Waals surface area contributed by atoms with E-state index in [0.717, 1.165) is 16.9 Å². The maximum absolute atomic E-state index is 10.9. The molecule has 2 heterocycles. The molecule has 1 amide bonds. The van der Waals surface area contributed by atoms with Crippen LogP contribution in [0.5, 0.6) is 0 Å². The highest BCUT2D eigenvalue weighted by Crippen LogP contribution is 2.28. The lowest BCUT2D eigenvalue weighted by molar-refractivity contribution is 0.132. The van der Waals surface area contributed by atoms with E-state index in [9.17, 15) is 4.79 Å². The molecule has 1 aromatic carbocycles. The second kappa shape index (κ2) is 4.06. The second-order valence-electron chi connectivity index (χ2n) is 3.88. The Labute approximate surface area is 103 Å². The van der Waals surface area contributed by atoms with E-state index < -0.39 is 12.3 Å². The number of nitrogens with zero attached hydrogens (tertiary/aromatic N) is 4. The van der Waals surface area contributed by atoms with Crippen molar-refractivity contribution in [2.45, 2.75) is 13.2 Å². The van der Waals surface area contributed by atoms with Crippen molar-refractivity contribution in [3.8, 4) is 5.69 Å². The van der Waals surface area contributed by atoms with Gasteiger partial charge in [-0.15, -0.1) is 5.11 Å². The van der Waals surface area contributed by atoms with Crippen LogP contribution in [0.15, 0.2) is 46.8 Å². The number of amides is 1. The molecular weight excluding hydrogens is 232 g/mol. The molecule has 1 unspecified atom stereocenters. The van der Waals surface area contributed by atoms with Crippen LogP contribution in [0.1, 0.15) is 17.5 Å². The van der Waals surface area contributed by atoms with Gasteiger partial charge in [-0.3, -0.25) is 0 Å². The van der Waals surface area contributed by atoms with E-state index in [0.29, 0.717) is 0 Å². The first-order chi connectivity index (χ1) is 8.75. The number of ether oxygens (including phenoxy) is 1. The van der Waals surface area contributed by atoms with Gasteiger partial charge >= 0.3 is 6.09 Å². The van der Waals surface area contributed by atoms with Crippen LogP contribution in [0.2, 0.25) is 0 Å². The summed E-state index contributed by atoms with van der Waals surface area (Å²) in [6, 6.07) is 9.71. The largest absolute Gasteiger partial charge is 0.454 e. The predicted octanol–water partition coefficient (Wildman–Crippen LogP) is 2.78. The van der Waals surface area contributed by atoms with Crippen molar-refractivity contribution in [1.29, 1.82) is 0 Å². The minimum Gasteiger partial charge on any atom is -0.415 e.